The summed E-state index contributed by atoms with van der Waals surface area (Å²) in [5.74, 6) is -0.968. The lowest BCUT2D eigenvalue weighted by atomic mass is 10.0. The van der Waals surface area contributed by atoms with Gasteiger partial charge in [-0.1, -0.05) is 42.5 Å². The van der Waals surface area contributed by atoms with E-state index in [-0.39, 0.29) is 12.5 Å². The third-order valence-electron chi connectivity index (χ3n) is 4.91. The molecular formula is C24H27N3O4. The molecule has 0 unspecified atom stereocenters. The summed E-state index contributed by atoms with van der Waals surface area (Å²) in [5, 5.41) is 7.28. The third-order valence-corrected chi connectivity index (χ3v) is 4.91. The molecule has 0 aliphatic carbocycles. The van der Waals surface area contributed by atoms with Gasteiger partial charge in [0.15, 0.2) is 6.61 Å². The van der Waals surface area contributed by atoms with Crippen LogP contribution in [0.15, 0.2) is 54.7 Å². The van der Waals surface area contributed by atoms with Crippen molar-refractivity contribution in [1.29, 1.82) is 0 Å². The Morgan fingerprint density at radius 2 is 1.84 bits per heavy atom. The van der Waals surface area contributed by atoms with Crippen molar-refractivity contribution in [3.8, 4) is 11.3 Å². The van der Waals surface area contributed by atoms with E-state index in [1.165, 1.54) is 0 Å². The van der Waals surface area contributed by atoms with Gasteiger partial charge in [0, 0.05) is 25.4 Å². The minimum absolute atomic E-state index is 0.323. The van der Waals surface area contributed by atoms with E-state index < -0.39 is 5.97 Å². The highest BCUT2D eigenvalue weighted by atomic mass is 16.5. The maximum atomic E-state index is 12.8. The number of hydrogen-bond donors (Lipinski definition) is 1. The molecule has 1 heterocycles. The number of aromatic nitrogens is 2. The van der Waals surface area contributed by atoms with Crippen LogP contribution in [0.5, 0.6) is 0 Å². The van der Waals surface area contributed by atoms with Crippen molar-refractivity contribution in [2.75, 3.05) is 26.9 Å². The van der Waals surface area contributed by atoms with Crippen LogP contribution < -0.4 is 5.32 Å². The van der Waals surface area contributed by atoms with Crippen LogP contribution in [-0.4, -0.2) is 48.5 Å². The molecular weight excluding hydrogens is 394 g/mol. The maximum absolute atomic E-state index is 12.8. The number of nitrogens with zero attached hydrogens (tertiary/aromatic N) is 2. The number of rotatable bonds is 9. The Morgan fingerprint density at radius 1 is 1.06 bits per heavy atom. The minimum Gasteiger partial charge on any atom is -0.452 e. The van der Waals surface area contributed by atoms with Gasteiger partial charge in [0.1, 0.15) is 11.3 Å². The fraction of sp³-hybridized carbons (Fsp3) is 0.292. The highest BCUT2D eigenvalue weighted by molar-refractivity contribution is 5.97. The fourth-order valence-electron chi connectivity index (χ4n) is 3.08. The second-order valence-corrected chi connectivity index (χ2v) is 7.29. The molecule has 0 saturated heterocycles. The Balaban J connectivity index is 1.83. The Morgan fingerprint density at radius 3 is 2.55 bits per heavy atom. The highest BCUT2D eigenvalue weighted by Crippen LogP contribution is 2.25. The molecule has 7 heteroatoms. The molecule has 1 aromatic heterocycles. The van der Waals surface area contributed by atoms with Crippen molar-refractivity contribution in [1.82, 2.24) is 15.1 Å². The smallest absolute Gasteiger partial charge is 0.342 e. The molecule has 3 aromatic rings. The Hall–Kier alpha value is -3.45. The molecule has 0 saturated carbocycles. The van der Waals surface area contributed by atoms with Crippen molar-refractivity contribution >= 4 is 11.9 Å². The molecule has 31 heavy (non-hydrogen) atoms. The largest absolute Gasteiger partial charge is 0.452 e. The van der Waals surface area contributed by atoms with Crippen molar-refractivity contribution in [3.05, 3.63) is 77.0 Å². The zero-order valence-corrected chi connectivity index (χ0v) is 18.1. The van der Waals surface area contributed by atoms with Crippen LogP contribution in [0, 0.1) is 13.8 Å². The van der Waals surface area contributed by atoms with Gasteiger partial charge in [-0.05, 0) is 36.6 Å². The molecule has 0 spiro atoms. The number of nitrogens with one attached hydrogen (secondary N) is 1. The van der Waals surface area contributed by atoms with Crippen molar-refractivity contribution in [2.45, 2.75) is 20.4 Å². The standard InChI is InChI=1S/C24H27N3O4/c1-17-9-10-20(13-18(17)2)23-21(24(29)31-16-22(28)25-11-12-30-3)15-27(26-23)14-19-7-5-4-6-8-19/h4-10,13,15H,11-12,14,16H2,1-3H3,(H,25,28). The van der Waals surface area contributed by atoms with E-state index >= 15 is 0 Å². The first-order chi connectivity index (χ1) is 15.0. The number of carbonyl (C=O) groups excluding carboxylic acids is 2. The molecule has 3 rings (SSSR count). The first-order valence-corrected chi connectivity index (χ1v) is 10.1. The zero-order valence-electron chi connectivity index (χ0n) is 18.1. The molecule has 1 N–H and O–H groups in total. The second kappa shape index (κ2) is 10.5. The number of benzene rings is 2. The van der Waals surface area contributed by atoms with E-state index in [1.54, 1.807) is 18.0 Å². The van der Waals surface area contributed by atoms with Crippen LogP contribution in [-0.2, 0) is 20.8 Å². The minimum atomic E-state index is -0.588. The van der Waals surface area contributed by atoms with Crippen LogP contribution in [0.4, 0.5) is 0 Å². The van der Waals surface area contributed by atoms with Crippen LogP contribution in [0.3, 0.4) is 0 Å². The molecule has 0 radical (unpaired) electrons. The van der Waals surface area contributed by atoms with Gasteiger partial charge in [-0.25, -0.2) is 4.79 Å². The van der Waals surface area contributed by atoms with Crippen LogP contribution in [0.2, 0.25) is 0 Å². The van der Waals surface area contributed by atoms with Gasteiger partial charge >= 0.3 is 5.97 Å². The number of esters is 1. The maximum Gasteiger partial charge on any atom is 0.342 e. The number of ether oxygens (including phenoxy) is 2. The van der Waals surface area contributed by atoms with E-state index in [0.717, 1.165) is 22.3 Å². The first kappa shape index (κ1) is 22.2. The summed E-state index contributed by atoms with van der Waals surface area (Å²) in [7, 11) is 1.55. The molecule has 0 aliphatic rings. The molecule has 0 bridgehead atoms. The molecule has 7 nitrogen and oxygen atoms in total. The van der Waals surface area contributed by atoms with Gasteiger partial charge in [-0.15, -0.1) is 0 Å². The summed E-state index contributed by atoms with van der Waals surface area (Å²) in [6.07, 6.45) is 1.67. The van der Waals surface area contributed by atoms with E-state index in [2.05, 4.69) is 10.4 Å². The van der Waals surface area contributed by atoms with Crippen molar-refractivity contribution in [3.63, 3.8) is 0 Å². The fourth-order valence-corrected chi connectivity index (χ4v) is 3.08. The third kappa shape index (κ3) is 6.02. The summed E-state index contributed by atoms with van der Waals surface area (Å²) >= 11 is 0. The van der Waals surface area contributed by atoms with Crippen LogP contribution in [0.1, 0.15) is 27.0 Å². The average Bonchev–Trinajstić information content (AvgIpc) is 3.18. The lowest BCUT2D eigenvalue weighted by Gasteiger charge is -2.07. The Labute approximate surface area is 182 Å². The molecule has 0 atom stereocenters. The predicted molar refractivity (Wildman–Crippen MR) is 118 cm³/mol. The summed E-state index contributed by atoms with van der Waals surface area (Å²) in [4.78, 5) is 24.7. The zero-order chi connectivity index (χ0) is 22.2. The average molecular weight is 421 g/mol. The predicted octanol–water partition coefficient (Wildman–Crippen LogP) is 3.13. The van der Waals surface area contributed by atoms with E-state index in [0.29, 0.717) is 31.0 Å². The molecule has 162 valence electrons. The second-order valence-electron chi connectivity index (χ2n) is 7.29. The number of amides is 1. The van der Waals surface area contributed by atoms with Gasteiger partial charge in [-0.3, -0.25) is 9.48 Å². The van der Waals surface area contributed by atoms with Crippen molar-refractivity contribution < 1.29 is 19.1 Å². The van der Waals surface area contributed by atoms with Gasteiger partial charge in [0.05, 0.1) is 13.2 Å². The summed E-state index contributed by atoms with van der Waals surface area (Å²) < 4.78 is 11.9. The van der Waals surface area contributed by atoms with Gasteiger partial charge in [0.2, 0.25) is 0 Å². The van der Waals surface area contributed by atoms with Crippen LogP contribution >= 0.6 is 0 Å². The number of carbonyl (C=O) groups is 2. The van der Waals surface area contributed by atoms with E-state index in [9.17, 15) is 9.59 Å². The summed E-state index contributed by atoms with van der Waals surface area (Å²) in [6, 6.07) is 15.8. The van der Waals surface area contributed by atoms with Gasteiger partial charge in [0.25, 0.3) is 5.91 Å². The molecule has 0 aliphatic heterocycles. The van der Waals surface area contributed by atoms with E-state index in [4.69, 9.17) is 9.47 Å². The molecule has 1 amide bonds. The summed E-state index contributed by atoms with van der Waals surface area (Å²) in [6.45, 7) is 4.95. The van der Waals surface area contributed by atoms with Gasteiger partial charge in [-0.2, -0.15) is 5.10 Å². The number of hydrogen-bond acceptors (Lipinski definition) is 5. The topological polar surface area (TPSA) is 82.5 Å². The monoisotopic (exact) mass is 421 g/mol. The van der Waals surface area contributed by atoms with E-state index in [1.807, 2.05) is 62.4 Å². The lowest BCUT2D eigenvalue weighted by Crippen LogP contribution is -2.31. The van der Waals surface area contributed by atoms with Gasteiger partial charge < -0.3 is 14.8 Å². The first-order valence-electron chi connectivity index (χ1n) is 10.1. The number of aryl methyl sites for hydroxylation is 2. The molecule has 0 fully saturated rings. The summed E-state index contributed by atoms with van der Waals surface area (Å²) in [5.41, 5.74) is 5.00. The quantitative estimate of drug-likeness (QED) is 0.424. The normalized spacial score (nSPS) is 10.7. The highest BCUT2D eigenvalue weighted by Gasteiger charge is 2.21. The molecule has 2 aromatic carbocycles. The Kier molecular flexibility index (Phi) is 7.56. The Bertz CT molecular complexity index is 1040. The number of methoxy groups -OCH3 is 1. The van der Waals surface area contributed by atoms with Crippen molar-refractivity contribution in [2.24, 2.45) is 0 Å². The lowest BCUT2D eigenvalue weighted by molar-refractivity contribution is -0.124. The SMILES string of the molecule is COCCNC(=O)COC(=O)c1cn(Cc2ccccc2)nc1-c1ccc(C)c(C)c1. The van der Waals surface area contributed by atoms with Crippen LogP contribution in [0.25, 0.3) is 11.3 Å².